The molecule has 1 aromatic heterocycles. The highest BCUT2D eigenvalue weighted by Gasteiger charge is 2.19. The molecule has 0 spiro atoms. The standard InChI is InChI=1S/C17H21Cl2N5O2S/c1-12(13-2-4-14(18)5-3-13)20-17-21-15(19)10-16(22-17)24-8-6-23(7-9-24)11-27(25)26/h2-5,10,12H,6-9,11H2,1H3,(H,25,26)(H,20,21,22)/p-1/t12-/m0/s1. The first-order chi connectivity index (χ1) is 12.9. The minimum absolute atomic E-state index is 0.0162. The second-order valence-corrected chi connectivity index (χ2v) is 8.02. The van der Waals surface area contributed by atoms with Crippen LogP contribution >= 0.6 is 23.2 Å². The first-order valence-corrected chi connectivity index (χ1v) is 10.5. The van der Waals surface area contributed by atoms with E-state index in [1.165, 1.54) is 0 Å². The molecule has 1 aromatic carbocycles. The number of piperazine rings is 1. The molecule has 1 fully saturated rings. The predicted molar refractivity (Wildman–Crippen MR) is 108 cm³/mol. The second kappa shape index (κ2) is 9.16. The van der Waals surface area contributed by atoms with Crippen LogP contribution in [-0.4, -0.2) is 55.7 Å². The zero-order chi connectivity index (χ0) is 19.4. The molecule has 146 valence electrons. The number of benzene rings is 1. The van der Waals surface area contributed by atoms with Gasteiger partial charge < -0.3 is 14.8 Å². The highest BCUT2D eigenvalue weighted by Crippen LogP contribution is 2.23. The number of anilines is 2. The SMILES string of the molecule is C[C@H](Nc1nc(Cl)cc(N2CCN(CS(=O)[O-])CC2)n1)c1ccc(Cl)cc1. The van der Waals surface area contributed by atoms with E-state index in [2.05, 4.69) is 20.2 Å². The summed E-state index contributed by atoms with van der Waals surface area (Å²) >= 11 is 10.1. The summed E-state index contributed by atoms with van der Waals surface area (Å²) in [4.78, 5) is 12.8. The Morgan fingerprint density at radius 2 is 1.85 bits per heavy atom. The lowest BCUT2D eigenvalue weighted by Crippen LogP contribution is -2.47. The number of nitrogens with zero attached hydrogens (tertiary/aromatic N) is 4. The molecule has 0 bridgehead atoms. The van der Waals surface area contributed by atoms with Gasteiger partial charge in [0.1, 0.15) is 11.0 Å². The minimum atomic E-state index is -2.06. The van der Waals surface area contributed by atoms with E-state index in [4.69, 9.17) is 23.2 Å². The summed E-state index contributed by atoms with van der Waals surface area (Å²) in [7, 11) is 0. The summed E-state index contributed by atoms with van der Waals surface area (Å²) in [6.45, 7) is 4.67. The van der Waals surface area contributed by atoms with Crippen LogP contribution in [0.15, 0.2) is 30.3 Å². The van der Waals surface area contributed by atoms with Gasteiger partial charge in [0.15, 0.2) is 0 Å². The number of nitrogens with one attached hydrogen (secondary N) is 1. The normalized spacial score (nSPS) is 17.6. The van der Waals surface area contributed by atoms with Crippen molar-refractivity contribution in [2.24, 2.45) is 0 Å². The zero-order valence-corrected chi connectivity index (χ0v) is 17.1. The van der Waals surface area contributed by atoms with Crippen molar-refractivity contribution in [2.75, 3.05) is 42.3 Å². The van der Waals surface area contributed by atoms with Crippen molar-refractivity contribution in [3.8, 4) is 0 Å². The molecule has 1 aliphatic rings. The molecular formula is C17H20Cl2N5O2S-. The van der Waals surface area contributed by atoms with Crippen LogP contribution in [0.4, 0.5) is 11.8 Å². The fourth-order valence-electron chi connectivity index (χ4n) is 2.92. The van der Waals surface area contributed by atoms with Gasteiger partial charge in [-0.3, -0.25) is 9.11 Å². The van der Waals surface area contributed by atoms with Gasteiger partial charge in [-0.25, -0.2) is 4.98 Å². The fraction of sp³-hybridized carbons (Fsp3) is 0.412. The Balaban J connectivity index is 1.67. The Hall–Kier alpha value is -1.45. The lowest BCUT2D eigenvalue weighted by molar-refractivity contribution is 0.291. The van der Waals surface area contributed by atoms with E-state index in [1.807, 2.05) is 36.1 Å². The monoisotopic (exact) mass is 428 g/mol. The van der Waals surface area contributed by atoms with Gasteiger partial charge in [-0.1, -0.05) is 35.3 Å². The van der Waals surface area contributed by atoms with Gasteiger partial charge in [-0.2, -0.15) is 4.98 Å². The number of rotatable bonds is 6. The summed E-state index contributed by atoms with van der Waals surface area (Å²) in [5.74, 6) is 1.23. The van der Waals surface area contributed by atoms with Crippen LogP contribution in [0.25, 0.3) is 0 Å². The van der Waals surface area contributed by atoms with Gasteiger partial charge in [0, 0.05) is 37.3 Å². The van der Waals surface area contributed by atoms with Gasteiger partial charge in [-0.05, 0) is 35.7 Å². The molecule has 7 nitrogen and oxygen atoms in total. The summed E-state index contributed by atoms with van der Waals surface area (Å²) in [6.07, 6.45) is 0. The van der Waals surface area contributed by atoms with Gasteiger partial charge >= 0.3 is 0 Å². The fourth-order valence-corrected chi connectivity index (χ4v) is 3.78. The van der Waals surface area contributed by atoms with Crippen molar-refractivity contribution in [1.82, 2.24) is 14.9 Å². The first kappa shape index (κ1) is 20.3. The molecule has 2 aromatic rings. The molecule has 0 aliphatic carbocycles. The molecule has 0 saturated carbocycles. The van der Waals surface area contributed by atoms with Crippen LogP contribution in [-0.2, 0) is 11.1 Å². The van der Waals surface area contributed by atoms with Crippen molar-refractivity contribution in [3.05, 3.63) is 46.1 Å². The Labute approximate surface area is 171 Å². The van der Waals surface area contributed by atoms with Crippen molar-refractivity contribution in [1.29, 1.82) is 0 Å². The Kier molecular flexibility index (Phi) is 6.88. The third-order valence-corrected chi connectivity index (χ3v) is 5.40. The summed E-state index contributed by atoms with van der Waals surface area (Å²) in [5, 5.41) is 4.31. The van der Waals surface area contributed by atoms with E-state index >= 15 is 0 Å². The summed E-state index contributed by atoms with van der Waals surface area (Å²) in [5.41, 5.74) is 1.06. The molecule has 1 unspecified atom stereocenters. The van der Waals surface area contributed by atoms with Crippen LogP contribution in [0.2, 0.25) is 10.2 Å². The lowest BCUT2D eigenvalue weighted by atomic mass is 10.1. The molecular weight excluding hydrogens is 409 g/mol. The summed E-state index contributed by atoms with van der Waals surface area (Å²) in [6, 6.07) is 9.29. The van der Waals surface area contributed by atoms with E-state index < -0.39 is 11.1 Å². The van der Waals surface area contributed by atoms with Crippen LogP contribution in [0.1, 0.15) is 18.5 Å². The smallest absolute Gasteiger partial charge is 0.226 e. The van der Waals surface area contributed by atoms with Crippen molar-refractivity contribution >= 4 is 46.0 Å². The number of hydrogen-bond donors (Lipinski definition) is 1. The largest absolute Gasteiger partial charge is 0.771 e. The molecule has 0 amide bonds. The van der Waals surface area contributed by atoms with E-state index in [0.29, 0.717) is 42.3 Å². The number of hydrogen-bond acceptors (Lipinski definition) is 7. The van der Waals surface area contributed by atoms with Gasteiger partial charge in [0.05, 0.1) is 11.9 Å². The second-order valence-electron chi connectivity index (χ2n) is 6.33. The molecule has 10 heteroatoms. The Morgan fingerprint density at radius 3 is 2.48 bits per heavy atom. The zero-order valence-electron chi connectivity index (χ0n) is 14.8. The van der Waals surface area contributed by atoms with Gasteiger partial charge in [0.2, 0.25) is 5.95 Å². The van der Waals surface area contributed by atoms with Crippen LogP contribution in [0, 0.1) is 0 Å². The molecule has 1 aliphatic heterocycles. The average molecular weight is 429 g/mol. The molecule has 2 heterocycles. The topological polar surface area (TPSA) is 84.4 Å². The minimum Gasteiger partial charge on any atom is -0.771 e. The van der Waals surface area contributed by atoms with E-state index in [0.717, 1.165) is 11.4 Å². The van der Waals surface area contributed by atoms with Crippen molar-refractivity contribution in [3.63, 3.8) is 0 Å². The third-order valence-electron chi connectivity index (χ3n) is 4.38. The Morgan fingerprint density at radius 1 is 1.19 bits per heavy atom. The maximum Gasteiger partial charge on any atom is 0.226 e. The van der Waals surface area contributed by atoms with Crippen LogP contribution in [0.5, 0.6) is 0 Å². The number of aromatic nitrogens is 2. The predicted octanol–water partition coefficient (Wildman–Crippen LogP) is 2.92. The maximum atomic E-state index is 10.8. The van der Waals surface area contributed by atoms with E-state index in [1.54, 1.807) is 6.07 Å². The van der Waals surface area contributed by atoms with Gasteiger partial charge in [-0.15, -0.1) is 0 Å². The quantitative estimate of drug-likeness (QED) is 0.558. The molecule has 1 N–H and O–H groups in total. The molecule has 1 saturated heterocycles. The molecule has 0 radical (unpaired) electrons. The Bertz CT molecular complexity index is 800. The summed E-state index contributed by atoms with van der Waals surface area (Å²) < 4.78 is 21.7. The molecule has 2 atom stereocenters. The van der Waals surface area contributed by atoms with Crippen LogP contribution in [0.3, 0.4) is 0 Å². The average Bonchev–Trinajstić information content (AvgIpc) is 2.62. The van der Waals surface area contributed by atoms with E-state index in [-0.39, 0.29) is 11.9 Å². The van der Waals surface area contributed by atoms with Crippen LogP contribution < -0.4 is 10.2 Å². The first-order valence-electron chi connectivity index (χ1n) is 8.50. The van der Waals surface area contributed by atoms with Crippen molar-refractivity contribution in [2.45, 2.75) is 13.0 Å². The third kappa shape index (κ3) is 5.76. The molecule has 3 rings (SSSR count). The van der Waals surface area contributed by atoms with E-state index in [9.17, 15) is 8.76 Å². The maximum absolute atomic E-state index is 10.8. The molecule has 27 heavy (non-hydrogen) atoms. The highest BCUT2D eigenvalue weighted by molar-refractivity contribution is 7.79. The lowest BCUT2D eigenvalue weighted by Gasteiger charge is -2.35. The number of halogens is 2. The van der Waals surface area contributed by atoms with Gasteiger partial charge in [0.25, 0.3) is 0 Å². The van der Waals surface area contributed by atoms with Crippen molar-refractivity contribution < 1.29 is 8.76 Å². The highest BCUT2D eigenvalue weighted by atomic mass is 35.5.